The van der Waals surface area contributed by atoms with E-state index in [4.69, 9.17) is 0 Å². The number of carbonyl (C=O) groups excluding carboxylic acids is 3. The molecular weight excluding hydrogens is 580 g/mol. The molecule has 5 N–H and O–H groups in total. The number of urea groups is 1. The molecule has 0 fully saturated rings. The zero-order chi connectivity index (χ0) is 32.8. The first-order valence-corrected chi connectivity index (χ1v) is 15.5. The van der Waals surface area contributed by atoms with Gasteiger partial charge in [-0.3, -0.25) is 14.7 Å². The molecule has 4 amide bonds. The van der Waals surface area contributed by atoms with E-state index in [0.29, 0.717) is 42.3 Å². The number of amides is 4. The summed E-state index contributed by atoms with van der Waals surface area (Å²) in [6.07, 6.45) is 1.22. The summed E-state index contributed by atoms with van der Waals surface area (Å²) >= 11 is 0. The van der Waals surface area contributed by atoms with Crippen LogP contribution < -0.4 is 21.3 Å². The van der Waals surface area contributed by atoms with Crippen molar-refractivity contribution in [2.75, 3.05) is 36.6 Å². The van der Waals surface area contributed by atoms with Gasteiger partial charge in [0.1, 0.15) is 0 Å². The quantitative estimate of drug-likeness (QED) is 0.135. The zero-order valence-corrected chi connectivity index (χ0v) is 27.0. The van der Waals surface area contributed by atoms with Crippen molar-refractivity contribution in [2.45, 2.75) is 51.7 Å². The molecule has 2 heterocycles. The fraction of sp³-hybridized carbons (Fsp3) is 0.314. The molecule has 0 radical (unpaired) electrons. The topological polar surface area (TPSA) is 134 Å². The van der Waals surface area contributed by atoms with E-state index in [-0.39, 0.29) is 23.9 Å². The molecule has 0 bridgehead atoms. The Bertz CT molecular complexity index is 1680. The molecular formula is C35H42N8O3. The van der Waals surface area contributed by atoms with E-state index in [1.807, 2.05) is 94.4 Å². The second-order valence-corrected chi connectivity index (χ2v) is 12.3. The van der Waals surface area contributed by atoms with Gasteiger partial charge in [0.25, 0.3) is 5.91 Å². The molecule has 0 aliphatic carbocycles. The van der Waals surface area contributed by atoms with Crippen LogP contribution in [0.5, 0.6) is 0 Å². The summed E-state index contributed by atoms with van der Waals surface area (Å²) < 4.78 is 0. The van der Waals surface area contributed by atoms with Crippen molar-refractivity contribution in [3.8, 4) is 0 Å². The van der Waals surface area contributed by atoms with Crippen LogP contribution in [0.2, 0.25) is 0 Å². The third-order valence-electron chi connectivity index (χ3n) is 8.05. The Balaban J connectivity index is 1.25. The van der Waals surface area contributed by atoms with E-state index >= 15 is 0 Å². The highest BCUT2D eigenvalue weighted by molar-refractivity contribution is 6.05. The molecule has 46 heavy (non-hydrogen) atoms. The minimum Gasteiger partial charge on any atom is -0.338 e. The van der Waals surface area contributed by atoms with Gasteiger partial charge in [0.15, 0.2) is 5.82 Å². The first-order chi connectivity index (χ1) is 22.0. The highest BCUT2D eigenvalue weighted by Gasteiger charge is 2.44. The van der Waals surface area contributed by atoms with Gasteiger partial charge >= 0.3 is 6.03 Å². The Morgan fingerprint density at radius 1 is 0.935 bits per heavy atom. The largest absolute Gasteiger partial charge is 0.338 e. The van der Waals surface area contributed by atoms with Crippen LogP contribution in [0.25, 0.3) is 0 Å². The summed E-state index contributed by atoms with van der Waals surface area (Å²) in [5.74, 6) is 0.300. The SMILES string of the molecule is CCCC(=O)Nc1ccc(C(=O)Nc2cccc(Nc3n[nH]c4c3CN(C(=O)N[C@H](CN(C)C)c3ccccc3)C4(C)C)c2)cc1. The van der Waals surface area contributed by atoms with Gasteiger partial charge in [-0.25, -0.2) is 4.79 Å². The number of hydrogen-bond acceptors (Lipinski definition) is 6. The summed E-state index contributed by atoms with van der Waals surface area (Å²) in [6, 6.07) is 23.8. The summed E-state index contributed by atoms with van der Waals surface area (Å²) in [5, 5.41) is 20.0. The zero-order valence-electron chi connectivity index (χ0n) is 27.0. The number of rotatable bonds is 11. The van der Waals surface area contributed by atoms with Crippen molar-refractivity contribution in [3.05, 3.63) is 101 Å². The number of likely N-dealkylation sites (N-methyl/N-ethyl adjacent to an activating group) is 1. The van der Waals surface area contributed by atoms with Crippen LogP contribution in [-0.4, -0.2) is 58.5 Å². The first kappa shape index (κ1) is 32.2. The average Bonchev–Trinajstić information content (AvgIpc) is 3.54. The molecule has 3 aromatic carbocycles. The standard InChI is InChI=1S/C35H42N8O3/c1-6-11-30(44)36-25-18-16-24(17-19-25)33(45)38-27-15-10-14-26(20-27)37-32-28-21-43(35(2,3)31(28)40-41-32)34(46)39-29(22-42(4)5)23-12-8-7-9-13-23/h7-10,12-20,29H,6,11,21-22H2,1-5H3,(H,36,44)(H,38,45)(H,39,46)(H2,37,40,41)/t29-/m1/s1. The lowest BCUT2D eigenvalue weighted by Crippen LogP contribution is -2.48. The number of aromatic nitrogens is 2. The Labute approximate surface area is 269 Å². The lowest BCUT2D eigenvalue weighted by atomic mass is 10.0. The highest BCUT2D eigenvalue weighted by Crippen LogP contribution is 2.41. The number of aromatic amines is 1. The normalized spacial score (nSPS) is 14.0. The molecule has 0 saturated heterocycles. The predicted molar refractivity (Wildman–Crippen MR) is 181 cm³/mol. The van der Waals surface area contributed by atoms with E-state index in [1.54, 1.807) is 24.3 Å². The van der Waals surface area contributed by atoms with Gasteiger partial charge in [-0.05, 0) is 82.4 Å². The molecule has 0 saturated carbocycles. The Hall–Kier alpha value is -5.16. The van der Waals surface area contributed by atoms with Crippen LogP contribution in [-0.2, 0) is 16.9 Å². The van der Waals surface area contributed by atoms with Crippen molar-refractivity contribution in [2.24, 2.45) is 0 Å². The smallest absolute Gasteiger partial charge is 0.319 e. The highest BCUT2D eigenvalue weighted by atomic mass is 16.2. The van der Waals surface area contributed by atoms with Crippen molar-refractivity contribution in [1.29, 1.82) is 0 Å². The Morgan fingerprint density at radius 2 is 1.65 bits per heavy atom. The van der Waals surface area contributed by atoms with Gasteiger partial charge in [0, 0.05) is 41.2 Å². The summed E-state index contributed by atoms with van der Waals surface area (Å²) in [4.78, 5) is 42.4. The van der Waals surface area contributed by atoms with Crippen molar-refractivity contribution in [1.82, 2.24) is 25.3 Å². The summed E-state index contributed by atoms with van der Waals surface area (Å²) in [7, 11) is 3.98. The first-order valence-electron chi connectivity index (χ1n) is 15.5. The van der Waals surface area contributed by atoms with Crippen molar-refractivity contribution >= 4 is 40.7 Å². The van der Waals surface area contributed by atoms with Gasteiger partial charge in [-0.1, -0.05) is 43.3 Å². The molecule has 0 spiro atoms. The Kier molecular flexibility index (Phi) is 9.72. The summed E-state index contributed by atoms with van der Waals surface area (Å²) in [6.45, 7) is 7.00. The van der Waals surface area contributed by atoms with Crippen LogP contribution >= 0.6 is 0 Å². The molecule has 4 aromatic rings. The molecule has 1 atom stereocenters. The maximum Gasteiger partial charge on any atom is 0.319 e. The second-order valence-electron chi connectivity index (χ2n) is 12.3. The van der Waals surface area contributed by atoms with E-state index in [2.05, 4.69) is 36.4 Å². The average molecular weight is 623 g/mol. The van der Waals surface area contributed by atoms with Gasteiger partial charge in [-0.15, -0.1) is 0 Å². The molecule has 1 aliphatic rings. The van der Waals surface area contributed by atoms with Crippen molar-refractivity contribution < 1.29 is 14.4 Å². The van der Waals surface area contributed by atoms with Crippen LogP contribution in [0, 0.1) is 0 Å². The van der Waals surface area contributed by atoms with Crippen LogP contribution in [0.15, 0.2) is 78.9 Å². The van der Waals surface area contributed by atoms with Gasteiger partial charge in [-0.2, -0.15) is 5.10 Å². The molecule has 1 aliphatic heterocycles. The van der Waals surface area contributed by atoms with E-state index < -0.39 is 5.54 Å². The number of benzene rings is 3. The minimum absolute atomic E-state index is 0.0530. The maximum absolute atomic E-state index is 13.7. The predicted octanol–water partition coefficient (Wildman–Crippen LogP) is 6.21. The molecule has 240 valence electrons. The fourth-order valence-corrected chi connectivity index (χ4v) is 5.63. The minimum atomic E-state index is -0.615. The van der Waals surface area contributed by atoms with Gasteiger partial charge in [0.05, 0.1) is 23.8 Å². The molecule has 11 nitrogen and oxygen atoms in total. The van der Waals surface area contributed by atoms with E-state index in [1.165, 1.54) is 0 Å². The molecule has 0 unspecified atom stereocenters. The molecule has 11 heteroatoms. The van der Waals surface area contributed by atoms with Gasteiger partial charge < -0.3 is 31.1 Å². The third-order valence-corrected chi connectivity index (χ3v) is 8.05. The summed E-state index contributed by atoms with van der Waals surface area (Å²) in [5.41, 5.74) is 4.67. The van der Waals surface area contributed by atoms with Crippen LogP contribution in [0.3, 0.4) is 0 Å². The van der Waals surface area contributed by atoms with E-state index in [9.17, 15) is 14.4 Å². The second kappa shape index (κ2) is 13.9. The third kappa shape index (κ3) is 7.37. The van der Waals surface area contributed by atoms with Crippen LogP contribution in [0.4, 0.5) is 27.7 Å². The number of H-pyrrole nitrogens is 1. The Morgan fingerprint density at radius 3 is 2.35 bits per heavy atom. The number of fused-ring (bicyclic) bond motifs is 1. The maximum atomic E-state index is 13.7. The van der Waals surface area contributed by atoms with Crippen molar-refractivity contribution in [3.63, 3.8) is 0 Å². The monoisotopic (exact) mass is 622 g/mol. The van der Waals surface area contributed by atoms with Gasteiger partial charge in [0.2, 0.25) is 5.91 Å². The number of nitrogens with zero attached hydrogens (tertiary/aromatic N) is 3. The molecule has 1 aromatic heterocycles. The van der Waals surface area contributed by atoms with E-state index in [0.717, 1.165) is 28.9 Å². The molecule has 5 rings (SSSR count). The fourth-order valence-electron chi connectivity index (χ4n) is 5.63. The number of carbonyl (C=O) groups is 3. The number of hydrogen-bond donors (Lipinski definition) is 5. The van der Waals surface area contributed by atoms with Crippen LogP contribution in [0.1, 0.15) is 66.8 Å². The number of nitrogens with one attached hydrogen (secondary N) is 5. The lowest BCUT2D eigenvalue weighted by molar-refractivity contribution is -0.116. The number of anilines is 4. The lowest BCUT2D eigenvalue weighted by Gasteiger charge is -2.34.